The Bertz CT molecular complexity index is 801. The SMILES string of the molecule is COc1ccccc1N1CC[C@@H](CNC(=O)COc2ccc(F)cc2F)C1. The zero-order valence-electron chi connectivity index (χ0n) is 15.1. The smallest absolute Gasteiger partial charge is 0.257 e. The van der Waals surface area contributed by atoms with Gasteiger partial charge in [-0.2, -0.15) is 0 Å². The van der Waals surface area contributed by atoms with E-state index >= 15 is 0 Å². The molecule has 1 N–H and O–H groups in total. The van der Waals surface area contributed by atoms with Gasteiger partial charge in [-0.25, -0.2) is 8.78 Å². The molecule has 0 bridgehead atoms. The van der Waals surface area contributed by atoms with E-state index in [4.69, 9.17) is 9.47 Å². The summed E-state index contributed by atoms with van der Waals surface area (Å²) < 4.78 is 36.9. The van der Waals surface area contributed by atoms with Crippen molar-refractivity contribution in [3.63, 3.8) is 0 Å². The first-order valence-corrected chi connectivity index (χ1v) is 8.79. The largest absolute Gasteiger partial charge is 0.495 e. The molecule has 1 saturated heterocycles. The Morgan fingerprint density at radius 3 is 2.81 bits per heavy atom. The van der Waals surface area contributed by atoms with Crippen LogP contribution in [-0.2, 0) is 4.79 Å². The second kappa shape index (κ2) is 8.70. The van der Waals surface area contributed by atoms with Crippen LogP contribution in [0.4, 0.5) is 14.5 Å². The second-order valence-corrected chi connectivity index (χ2v) is 6.44. The molecular formula is C20H22F2N2O3. The van der Waals surface area contributed by atoms with Gasteiger partial charge in [0.05, 0.1) is 12.8 Å². The van der Waals surface area contributed by atoms with Crippen molar-refractivity contribution in [1.29, 1.82) is 0 Å². The zero-order valence-corrected chi connectivity index (χ0v) is 15.1. The lowest BCUT2D eigenvalue weighted by molar-refractivity contribution is -0.123. The van der Waals surface area contributed by atoms with Crippen molar-refractivity contribution in [3.8, 4) is 11.5 Å². The second-order valence-electron chi connectivity index (χ2n) is 6.44. The number of amides is 1. The Labute approximate surface area is 156 Å². The maximum atomic E-state index is 13.5. The molecule has 1 heterocycles. The predicted molar refractivity (Wildman–Crippen MR) is 98.2 cm³/mol. The number of methoxy groups -OCH3 is 1. The average Bonchev–Trinajstić information content (AvgIpc) is 3.14. The van der Waals surface area contributed by atoms with E-state index in [9.17, 15) is 13.6 Å². The third-order valence-corrected chi connectivity index (χ3v) is 4.55. The Balaban J connectivity index is 1.44. The Morgan fingerprint density at radius 1 is 1.22 bits per heavy atom. The minimum Gasteiger partial charge on any atom is -0.495 e. The van der Waals surface area contributed by atoms with Crippen LogP contribution in [0.2, 0.25) is 0 Å². The highest BCUT2D eigenvalue weighted by molar-refractivity contribution is 5.77. The summed E-state index contributed by atoms with van der Waals surface area (Å²) in [5, 5.41) is 2.81. The molecule has 5 nitrogen and oxygen atoms in total. The molecule has 1 amide bonds. The van der Waals surface area contributed by atoms with E-state index in [1.54, 1.807) is 7.11 Å². The maximum Gasteiger partial charge on any atom is 0.257 e. The summed E-state index contributed by atoms with van der Waals surface area (Å²) >= 11 is 0. The third-order valence-electron chi connectivity index (χ3n) is 4.55. The molecule has 1 aliphatic heterocycles. The minimum atomic E-state index is -0.828. The van der Waals surface area contributed by atoms with Crippen LogP contribution in [-0.4, -0.2) is 39.3 Å². The van der Waals surface area contributed by atoms with Crippen LogP contribution in [0.1, 0.15) is 6.42 Å². The summed E-state index contributed by atoms with van der Waals surface area (Å²) in [7, 11) is 1.65. The van der Waals surface area contributed by atoms with Gasteiger partial charge in [-0.3, -0.25) is 4.79 Å². The highest BCUT2D eigenvalue weighted by atomic mass is 19.1. The normalized spacial score (nSPS) is 16.3. The summed E-state index contributed by atoms with van der Waals surface area (Å²) in [5.41, 5.74) is 1.05. The molecule has 0 aliphatic carbocycles. The number of nitrogens with one attached hydrogen (secondary N) is 1. The molecule has 1 atom stereocenters. The number of carbonyl (C=O) groups is 1. The Kier molecular flexibility index (Phi) is 6.11. The molecule has 2 aromatic rings. The number of hydrogen-bond acceptors (Lipinski definition) is 4. The molecule has 0 saturated carbocycles. The number of nitrogens with zero attached hydrogens (tertiary/aromatic N) is 1. The molecule has 144 valence electrons. The van der Waals surface area contributed by atoms with E-state index in [0.717, 1.165) is 43.1 Å². The van der Waals surface area contributed by atoms with E-state index in [2.05, 4.69) is 10.2 Å². The van der Waals surface area contributed by atoms with Gasteiger partial charge in [0.25, 0.3) is 5.91 Å². The van der Waals surface area contributed by atoms with Crippen LogP contribution >= 0.6 is 0 Å². The van der Waals surface area contributed by atoms with E-state index in [1.165, 1.54) is 6.07 Å². The Morgan fingerprint density at radius 2 is 2.04 bits per heavy atom. The fourth-order valence-corrected chi connectivity index (χ4v) is 3.15. The van der Waals surface area contributed by atoms with Crippen molar-refractivity contribution in [3.05, 3.63) is 54.1 Å². The van der Waals surface area contributed by atoms with Crippen LogP contribution in [0.5, 0.6) is 11.5 Å². The molecule has 3 rings (SSSR count). The van der Waals surface area contributed by atoms with Crippen LogP contribution in [0.3, 0.4) is 0 Å². The van der Waals surface area contributed by atoms with Crippen molar-refractivity contribution in [1.82, 2.24) is 5.32 Å². The number of carbonyl (C=O) groups excluding carboxylic acids is 1. The molecule has 1 aliphatic rings. The topological polar surface area (TPSA) is 50.8 Å². The summed E-state index contributed by atoms with van der Waals surface area (Å²) in [6, 6.07) is 10.8. The highest BCUT2D eigenvalue weighted by Crippen LogP contribution is 2.31. The van der Waals surface area contributed by atoms with E-state index in [-0.39, 0.29) is 18.3 Å². The first kappa shape index (κ1) is 18.9. The number of anilines is 1. The summed E-state index contributed by atoms with van der Waals surface area (Å²) in [6.07, 6.45) is 0.950. The van der Waals surface area contributed by atoms with Crippen molar-refractivity contribution < 1.29 is 23.0 Å². The quantitative estimate of drug-likeness (QED) is 0.807. The molecule has 0 spiro atoms. The standard InChI is InChI=1S/C20H22F2N2O3/c1-26-19-5-3-2-4-17(19)24-9-8-14(12-24)11-23-20(25)13-27-18-7-6-15(21)10-16(18)22/h2-7,10,14H,8-9,11-13H2,1H3,(H,23,25)/t14-/m0/s1. The number of hydrogen-bond donors (Lipinski definition) is 1. The van der Waals surface area contributed by atoms with E-state index < -0.39 is 11.6 Å². The number of ether oxygens (including phenoxy) is 2. The molecule has 0 aromatic heterocycles. The van der Waals surface area contributed by atoms with Crippen LogP contribution in [0.15, 0.2) is 42.5 Å². The molecule has 0 unspecified atom stereocenters. The number of benzene rings is 2. The van der Waals surface area contributed by atoms with Crippen LogP contribution in [0.25, 0.3) is 0 Å². The molecular weight excluding hydrogens is 354 g/mol. The highest BCUT2D eigenvalue weighted by Gasteiger charge is 2.24. The van der Waals surface area contributed by atoms with Gasteiger partial charge in [0, 0.05) is 25.7 Å². The zero-order chi connectivity index (χ0) is 19.2. The third kappa shape index (κ3) is 4.87. The van der Waals surface area contributed by atoms with Crippen LogP contribution in [0, 0.1) is 17.6 Å². The van der Waals surface area contributed by atoms with Crippen molar-refractivity contribution in [2.75, 3.05) is 38.3 Å². The average molecular weight is 376 g/mol. The van der Waals surface area contributed by atoms with Gasteiger partial charge in [0.2, 0.25) is 0 Å². The fraction of sp³-hybridized carbons (Fsp3) is 0.350. The first-order chi connectivity index (χ1) is 13.1. The maximum absolute atomic E-state index is 13.5. The monoisotopic (exact) mass is 376 g/mol. The van der Waals surface area contributed by atoms with Gasteiger partial charge < -0.3 is 19.7 Å². The van der Waals surface area contributed by atoms with Crippen molar-refractivity contribution >= 4 is 11.6 Å². The van der Waals surface area contributed by atoms with Gasteiger partial charge in [-0.15, -0.1) is 0 Å². The van der Waals surface area contributed by atoms with Crippen LogP contribution < -0.4 is 19.7 Å². The van der Waals surface area contributed by atoms with E-state index in [0.29, 0.717) is 12.5 Å². The van der Waals surface area contributed by atoms with E-state index in [1.807, 2.05) is 24.3 Å². The predicted octanol–water partition coefficient (Wildman–Crippen LogP) is 2.99. The first-order valence-electron chi connectivity index (χ1n) is 8.79. The number of halogens is 2. The molecule has 7 heteroatoms. The Hall–Kier alpha value is -2.83. The summed E-state index contributed by atoms with van der Waals surface area (Å²) in [6.45, 7) is 1.90. The summed E-state index contributed by atoms with van der Waals surface area (Å²) in [4.78, 5) is 14.2. The van der Waals surface area contributed by atoms with Crippen molar-refractivity contribution in [2.45, 2.75) is 6.42 Å². The molecule has 27 heavy (non-hydrogen) atoms. The molecule has 2 aromatic carbocycles. The van der Waals surface area contributed by atoms with Gasteiger partial charge >= 0.3 is 0 Å². The fourth-order valence-electron chi connectivity index (χ4n) is 3.15. The van der Waals surface area contributed by atoms with Gasteiger partial charge in [-0.1, -0.05) is 12.1 Å². The van der Waals surface area contributed by atoms with Gasteiger partial charge in [0.1, 0.15) is 11.6 Å². The number of rotatable bonds is 7. The lowest BCUT2D eigenvalue weighted by Gasteiger charge is -2.21. The van der Waals surface area contributed by atoms with Gasteiger partial charge in [-0.05, 0) is 36.6 Å². The lowest BCUT2D eigenvalue weighted by atomic mass is 10.1. The minimum absolute atomic E-state index is 0.144. The molecule has 1 fully saturated rings. The molecule has 0 radical (unpaired) electrons. The number of para-hydroxylation sites is 2. The lowest BCUT2D eigenvalue weighted by Crippen LogP contribution is -2.34. The summed E-state index contributed by atoms with van der Waals surface area (Å²) in [5.74, 6) is -0.862. The van der Waals surface area contributed by atoms with Gasteiger partial charge in [0.15, 0.2) is 18.2 Å². The van der Waals surface area contributed by atoms with Crippen molar-refractivity contribution in [2.24, 2.45) is 5.92 Å².